The van der Waals surface area contributed by atoms with Gasteiger partial charge >= 0.3 is 0 Å². The summed E-state index contributed by atoms with van der Waals surface area (Å²) >= 11 is 0. The molecule has 0 radical (unpaired) electrons. The Kier molecular flexibility index (Phi) is 4.17. The van der Waals surface area contributed by atoms with E-state index >= 15 is 0 Å². The maximum Gasteiger partial charge on any atom is 0.143 e. The maximum absolute atomic E-state index is 6.39. The van der Waals surface area contributed by atoms with Crippen LogP contribution in [0.5, 0.6) is 5.75 Å². The number of methoxy groups -OCH3 is 1. The van der Waals surface area contributed by atoms with Crippen LogP contribution in [0.3, 0.4) is 0 Å². The molecule has 4 heteroatoms. The minimum Gasteiger partial charge on any atom is -0.496 e. The van der Waals surface area contributed by atoms with Gasteiger partial charge in [0.2, 0.25) is 0 Å². The molecule has 0 fully saturated rings. The fourth-order valence-corrected chi connectivity index (χ4v) is 3.67. The van der Waals surface area contributed by atoms with Crippen molar-refractivity contribution in [2.45, 2.75) is 6.92 Å². The Morgan fingerprint density at radius 1 is 0.828 bits per heavy atom. The predicted molar refractivity (Wildman–Crippen MR) is 114 cm³/mol. The van der Waals surface area contributed by atoms with E-state index in [9.17, 15) is 0 Å². The van der Waals surface area contributed by atoms with E-state index in [0.29, 0.717) is 0 Å². The summed E-state index contributed by atoms with van der Waals surface area (Å²) in [7, 11) is 1.66. The summed E-state index contributed by atoms with van der Waals surface area (Å²) in [6.45, 7) is 1.87. The van der Waals surface area contributed by atoms with Gasteiger partial charge in [-0.05, 0) is 24.6 Å². The maximum atomic E-state index is 6.39. The first-order chi connectivity index (χ1) is 14.2. The smallest absolute Gasteiger partial charge is 0.143 e. The molecule has 0 bridgehead atoms. The minimum atomic E-state index is 0.722. The average molecular weight is 381 g/mol. The zero-order valence-electron chi connectivity index (χ0n) is 16.2. The third-order valence-corrected chi connectivity index (χ3v) is 5.01. The van der Waals surface area contributed by atoms with Crippen molar-refractivity contribution in [3.8, 4) is 39.5 Å². The molecule has 0 aliphatic rings. The van der Waals surface area contributed by atoms with Gasteiger partial charge in [-0.25, -0.2) is 0 Å². The lowest BCUT2D eigenvalue weighted by molar-refractivity contribution is 0.397. The van der Waals surface area contributed by atoms with Crippen LogP contribution in [0.2, 0.25) is 0 Å². The lowest BCUT2D eigenvalue weighted by atomic mass is 9.97. The van der Waals surface area contributed by atoms with Crippen LogP contribution in [0.25, 0.3) is 44.7 Å². The number of furan rings is 1. The van der Waals surface area contributed by atoms with E-state index in [1.54, 1.807) is 7.11 Å². The fraction of sp³-hybridized carbons (Fsp3) is 0.0800. The second-order valence-electron chi connectivity index (χ2n) is 6.91. The van der Waals surface area contributed by atoms with Crippen molar-refractivity contribution in [2.24, 2.45) is 0 Å². The van der Waals surface area contributed by atoms with E-state index in [1.807, 2.05) is 61.5 Å². The molecule has 0 atom stereocenters. The van der Waals surface area contributed by atoms with Crippen molar-refractivity contribution in [3.05, 3.63) is 84.6 Å². The third kappa shape index (κ3) is 2.99. The number of hydrogen-bond acceptors (Lipinski definition) is 4. The quantitative estimate of drug-likeness (QED) is 0.346. The lowest BCUT2D eigenvalue weighted by Gasteiger charge is -2.07. The van der Waals surface area contributed by atoms with Gasteiger partial charge in [0.05, 0.1) is 7.11 Å². The van der Waals surface area contributed by atoms with Crippen LogP contribution >= 0.6 is 0 Å². The van der Waals surface area contributed by atoms with E-state index < -0.39 is 0 Å². The highest BCUT2D eigenvalue weighted by molar-refractivity contribution is 6.04. The summed E-state index contributed by atoms with van der Waals surface area (Å²) in [5.74, 6) is 2.31. The largest absolute Gasteiger partial charge is 0.496 e. The van der Waals surface area contributed by atoms with Crippen molar-refractivity contribution in [2.75, 3.05) is 7.11 Å². The van der Waals surface area contributed by atoms with Gasteiger partial charge in [0.25, 0.3) is 0 Å². The lowest BCUT2D eigenvalue weighted by Crippen LogP contribution is -1.88. The molecule has 3 aromatic carbocycles. The van der Waals surface area contributed by atoms with E-state index in [0.717, 1.165) is 56.2 Å². The SMILES string of the molecule is COc1cc2c(-c3ccccc3)c(-c3ccccc3)oc2cc1-c1cc(C)on1. The number of rotatable bonds is 4. The summed E-state index contributed by atoms with van der Waals surface area (Å²) in [6.07, 6.45) is 0. The number of hydrogen-bond donors (Lipinski definition) is 0. The van der Waals surface area contributed by atoms with Crippen LogP contribution in [-0.2, 0) is 0 Å². The van der Waals surface area contributed by atoms with Gasteiger partial charge in [-0.15, -0.1) is 0 Å². The first-order valence-electron chi connectivity index (χ1n) is 9.43. The number of benzene rings is 3. The van der Waals surface area contributed by atoms with Crippen LogP contribution < -0.4 is 4.74 Å². The molecule has 0 aliphatic carbocycles. The van der Waals surface area contributed by atoms with Crippen molar-refractivity contribution < 1.29 is 13.7 Å². The fourth-order valence-electron chi connectivity index (χ4n) is 3.67. The topological polar surface area (TPSA) is 48.4 Å². The first kappa shape index (κ1) is 17.3. The number of nitrogens with zero attached hydrogens (tertiary/aromatic N) is 1. The van der Waals surface area contributed by atoms with Crippen molar-refractivity contribution in [3.63, 3.8) is 0 Å². The Morgan fingerprint density at radius 3 is 2.14 bits per heavy atom. The van der Waals surface area contributed by atoms with Gasteiger partial charge in [0.15, 0.2) is 0 Å². The second kappa shape index (κ2) is 6.99. The van der Waals surface area contributed by atoms with Crippen molar-refractivity contribution in [1.82, 2.24) is 5.16 Å². The molecule has 0 unspecified atom stereocenters. The standard InChI is InChI=1S/C25H19NO3/c1-16-13-21(26-29-16)19-14-23-20(15-22(19)27-2)24(17-9-5-3-6-10-17)25(28-23)18-11-7-4-8-12-18/h3-15H,1-2H3. The van der Waals surface area contributed by atoms with Crippen molar-refractivity contribution >= 4 is 11.0 Å². The summed E-state index contributed by atoms with van der Waals surface area (Å²) in [6, 6.07) is 26.3. The molecule has 0 saturated carbocycles. The van der Waals surface area contributed by atoms with E-state index in [1.165, 1.54) is 0 Å². The molecule has 0 aliphatic heterocycles. The number of aromatic nitrogens is 1. The Balaban J connectivity index is 1.82. The third-order valence-electron chi connectivity index (χ3n) is 5.01. The second-order valence-corrected chi connectivity index (χ2v) is 6.91. The molecule has 29 heavy (non-hydrogen) atoms. The minimum absolute atomic E-state index is 0.722. The van der Waals surface area contributed by atoms with Crippen LogP contribution in [0.15, 0.2) is 87.8 Å². The first-order valence-corrected chi connectivity index (χ1v) is 9.43. The van der Waals surface area contributed by atoms with Crippen molar-refractivity contribution in [1.29, 1.82) is 0 Å². The zero-order chi connectivity index (χ0) is 19.8. The Hall–Kier alpha value is -3.79. The van der Waals surface area contributed by atoms with E-state index in [-0.39, 0.29) is 0 Å². The Bertz CT molecular complexity index is 1280. The van der Waals surface area contributed by atoms with E-state index in [2.05, 4.69) is 29.4 Å². The van der Waals surface area contributed by atoms with Gasteiger partial charge in [-0.1, -0.05) is 65.8 Å². The summed E-state index contributed by atoms with van der Waals surface area (Å²) < 4.78 is 17.4. The van der Waals surface area contributed by atoms with E-state index in [4.69, 9.17) is 13.7 Å². The highest BCUT2D eigenvalue weighted by Gasteiger charge is 2.21. The normalized spacial score (nSPS) is 11.1. The molecule has 4 nitrogen and oxygen atoms in total. The van der Waals surface area contributed by atoms with Gasteiger partial charge in [-0.3, -0.25) is 0 Å². The molecular formula is C25H19NO3. The monoisotopic (exact) mass is 381 g/mol. The highest BCUT2D eigenvalue weighted by atomic mass is 16.5. The summed E-state index contributed by atoms with van der Waals surface area (Å²) in [5, 5.41) is 5.15. The molecule has 5 rings (SSSR count). The highest BCUT2D eigenvalue weighted by Crippen LogP contribution is 2.44. The molecule has 142 valence electrons. The molecule has 0 amide bonds. The molecule has 5 aromatic rings. The summed E-state index contributed by atoms with van der Waals surface area (Å²) in [5.41, 5.74) is 5.51. The molecule has 0 N–H and O–H groups in total. The molecule has 2 heterocycles. The number of ether oxygens (including phenoxy) is 1. The Labute approximate surface area is 168 Å². The van der Waals surface area contributed by atoms with Gasteiger partial charge in [0, 0.05) is 28.1 Å². The van der Waals surface area contributed by atoms with Crippen LogP contribution in [-0.4, -0.2) is 12.3 Å². The molecular weight excluding hydrogens is 362 g/mol. The Morgan fingerprint density at radius 2 is 1.52 bits per heavy atom. The van der Waals surface area contributed by atoms with Crippen LogP contribution in [0, 0.1) is 6.92 Å². The molecule has 2 aromatic heterocycles. The van der Waals surface area contributed by atoms with Gasteiger partial charge in [-0.2, -0.15) is 0 Å². The predicted octanol–water partition coefficient (Wildman–Crippen LogP) is 6.74. The number of aryl methyl sites for hydroxylation is 1. The van der Waals surface area contributed by atoms with Crippen LogP contribution in [0.1, 0.15) is 5.76 Å². The average Bonchev–Trinajstić information content (AvgIpc) is 3.37. The van der Waals surface area contributed by atoms with Crippen LogP contribution in [0.4, 0.5) is 0 Å². The van der Waals surface area contributed by atoms with Gasteiger partial charge < -0.3 is 13.7 Å². The summed E-state index contributed by atoms with van der Waals surface area (Å²) in [4.78, 5) is 0. The number of fused-ring (bicyclic) bond motifs is 1. The van der Waals surface area contributed by atoms with Gasteiger partial charge in [0.1, 0.15) is 28.5 Å². The molecule has 0 spiro atoms. The zero-order valence-corrected chi connectivity index (χ0v) is 16.2. The molecule has 0 saturated heterocycles.